The van der Waals surface area contributed by atoms with Gasteiger partial charge in [0.1, 0.15) is 11.6 Å². The number of carbonyl (C=O) groups is 3. The van der Waals surface area contributed by atoms with Gasteiger partial charge in [-0.1, -0.05) is 42.5 Å². The molecule has 0 spiro atoms. The van der Waals surface area contributed by atoms with Gasteiger partial charge in [0.25, 0.3) is 5.91 Å². The van der Waals surface area contributed by atoms with Crippen molar-refractivity contribution in [2.75, 3.05) is 18.1 Å². The van der Waals surface area contributed by atoms with Crippen molar-refractivity contribution in [2.45, 2.75) is 44.9 Å². The zero-order valence-electron chi connectivity index (χ0n) is 20.0. The number of amides is 2. The highest BCUT2D eigenvalue weighted by atomic mass is 16.6. The SMILES string of the molecule is CC(C)(C)OC(=O)NN(C(=O)C=Cc1ccc(C(C(=O)O)N2CCC(O)C2)cc1)c1ccccc1. The molecule has 0 saturated carbocycles. The summed E-state index contributed by atoms with van der Waals surface area (Å²) in [5, 5.41) is 20.6. The van der Waals surface area contributed by atoms with E-state index in [0.717, 1.165) is 5.01 Å². The molecule has 0 bridgehead atoms. The fraction of sp³-hybridized carbons (Fsp3) is 0.346. The van der Waals surface area contributed by atoms with E-state index < -0.39 is 35.7 Å². The number of nitrogens with zero attached hydrogens (tertiary/aromatic N) is 2. The predicted molar refractivity (Wildman–Crippen MR) is 131 cm³/mol. The smallest absolute Gasteiger partial charge is 0.427 e. The molecule has 1 saturated heterocycles. The number of aliphatic hydroxyl groups excluding tert-OH is 1. The number of β-amino-alcohol motifs (C(OH)–C–C–N with tert-alkyl or cyclic N) is 1. The van der Waals surface area contributed by atoms with Crippen LogP contribution in [0.5, 0.6) is 0 Å². The molecule has 186 valence electrons. The Morgan fingerprint density at radius 2 is 1.77 bits per heavy atom. The van der Waals surface area contributed by atoms with Crippen molar-refractivity contribution in [1.82, 2.24) is 10.3 Å². The average molecular weight is 482 g/mol. The van der Waals surface area contributed by atoms with Gasteiger partial charge in [0, 0.05) is 19.2 Å². The second-order valence-electron chi connectivity index (χ2n) is 9.30. The van der Waals surface area contributed by atoms with Gasteiger partial charge in [-0.3, -0.25) is 14.5 Å². The van der Waals surface area contributed by atoms with Gasteiger partial charge in [0.15, 0.2) is 0 Å². The molecule has 3 rings (SSSR count). The lowest BCUT2D eigenvalue weighted by molar-refractivity contribution is -0.143. The number of para-hydroxylation sites is 1. The Labute approximate surface area is 204 Å². The molecule has 2 aromatic rings. The molecule has 3 N–H and O–H groups in total. The van der Waals surface area contributed by atoms with E-state index in [1.165, 1.54) is 6.08 Å². The van der Waals surface area contributed by atoms with Gasteiger partial charge in [0.05, 0.1) is 11.8 Å². The Morgan fingerprint density at radius 1 is 1.11 bits per heavy atom. The van der Waals surface area contributed by atoms with Gasteiger partial charge in [-0.2, -0.15) is 0 Å². The number of hydrogen-bond donors (Lipinski definition) is 3. The fourth-order valence-electron chi connectivity index (χ4n) is 3.76. The number of benzene rings is 2. The van der Waals surface area contributed by atoms with Crippen LogP contribution in [0.4, 0.5) is 10.5 Å². The molecule has 2 aromatic carbocycles. The van der Waals surface area contributed by atoms with Crippen molar-refractivity contribution in [3.05, 3.63) is 71.8 Å². The molecule has 1 heterocycles. The number of aliphatic carboxylic acids is 1. The number of anilines is 1. The molecule has 1 aliphatic heterocycles. The maximum atomic E-state index is 12.9. The third kappa shape index (κ3) is 7.40. The van der Waals surface area contributed by atoms with Gasteiger partial charge < -0.3 is 14.9 Å². The van der Waals surface area contributed by atoms with E-state index in [-0.39, 0.29) is 0 Å². The minimum atomic E-state index is -0.982. The molecule has 2 atom stereocenters. The molecular formula is C26H31N3O6. The normalized spacial score (nSPS) is 17.2. The Hall–Kier alpha value is -3.69. The maximum absolute atomic E-state index is 12.9. The van der Waals surface area contributed by atoms with Crippen LogP contribution in [0.25, 0.3) is 6.08 Å². The first-order valence-electron chi connectivity index (χ1n) is 11.4. The summed E-state index contributed by atoms with van der Waals surface area (Å²) in [5.41, 5.74) is 3.48. The van der Waals surface area contributed by atoms with E-state index in [1.807, 2.05) is 0 Å². The van der Waals surface area contributed by atoms with Crippen molar-refractivity contribution in [3.8, 4) is 0 Å². The number of rotatable bonds is 6. The van der Waals surface area contributed by atoms with Crippen LogP contribution in [-0.4, -0.2) is 57.9 Å². The van der Waals surface area contributed by atoms with Crippen molar-refractivity contribution in [2.24, 2.45) is 0 Å². The van der Waals surface area contributed by atoms with Gasteiger partial charge in [-0.15, -0.1) is 0 Å². The summed E-state index contributed by atoms with van der Waals surface area (Å²) >= 11 is 0. The second kappa shape index (κ2) is 11.2. The molecule has 0 aromatic heterocycles. The first-order valence-corrected chi connectivity index (χ1v) is 11.4. The number of ether oxygens (including phenoxy) is 1. The lowest BCUT2D eigenvalue weighted by Gasteiger charge is -2.25. The number of aliphatic hydroxyl groups is 1. The number of carboxylic acids is 1. The molecule has 2 amide bonds. The van der Waals surface area contributed by atoms with E-state index >= 15 is 0 Å². The number of hydrogen-bond acceptors (Lipinski definition) is 6. The summed E-state index contributed by atoms with van der Waals surface area (Å²) in [6.07, 6.45) is 2.15. The maximum Gasteiger partial charge on any atom is 0.427 e. The van der Waals surface area contributed by atoms with E-state index in [1.54, 1.807) is 86.3 Å². The van der Waals surface area contributed by atoms with E-state index in [4.69, 9.17) is 4.74 Å². The lowest BCUT2D eigenvalue weighted by Crippen LogP contribution is -2.47. The fourth-order valence-corrected chi connectivity index (χ4v) is 3.76. The first-order chi connectivity index (χ1) is 16.5. The number of carboxylic acid groups (broad SMARTS) is 1. The number of nitrogens with one attached hydrogen (secondary N) is 1. The van der Waals surface area contributed by atoms with Crippen molar-refractivity contribution < 1.29 is 29.3 Å². The topological polar surface area (TPSA) is 119 Å². The highest BCUT2D eigenvalue weighted by molar-refractivity contribution is 6.04. The Kier molecular flexibility index (Phi) is 8.26. The zero-order valence-corrected chi connectivity index (χ0v) is 20.0. The summed E-state index contributed by atoms with van der Waals surface area (Å²) < 4.78 is 5.27. The third-order valence-corrected chi connectivity index (χ3v) is 5.30. The molecule has 35 heavy (non-hydrogen) atoms. The van der Waals surface area contributed by atoms with Crippen LogP contribution < -0.4 is 10.4 Å². The Bertz CT molecular complexity index is 1060. The summed E-state index contributed by atoms with van der Waals surface area (Å²) in [6.45, 7) is 6.00. The molecule has 2 unspecified atom stereocenters. The largest absolute Gasteiger partial charge is 0.480 e. The highest BCUT2D eigenvalue weighted by Crippen LogP contribution is 2.26. The van der Waals surface area contributed by atoms with E-state index in [2.05, 4.69) is 5.43 Å². The summed E-state index contributed by atoms with van der Waals surface area (Å²) in [6, 6.07) is 14.6. The third-order valence-electron chi connectivity index (χ3n) is 5.30. The van der Waals surface area contributed by atoms with Crippen LogP contribution in [-0.2, 0) is 14.3 Å². The molecular weight excluding hydrogens is 450 g/mol. The van der Waals surface area contributed by atoms with Gasteiger partial charge in [-0.05, 0) is 56.5 Å². The highest BCUT2D eigenvalue weighted by Gasteiger charge is 2.32. The first kappa shape index (κ1) is 25.9. The van der Waals surface area contributed by atoms with Crippen molar-refractivity contribution in [1.29, 1.82) is 0 Å². The van der Waals surface area contributed by atoms with Gasteiger partial charge in [0.2, 0.25) is 0 Å². The predicted octanol–water partition coefficient (Wildman–Crippen LogP) is 3.37. The second-order valence-corrected chi connectivity index (χ2v) is 9.30. The minimum absolute atomic E-state index is 0.313. The molecule has 1 aliphatic rings. The monoisotopic (exact) mass is 481 g/mol. The number of hydrazine groups is 1. The van der Waals surface area contributed by atoms with Gasteiger partial charge >= 0.3 is 12.1 Å². The van der Waals surface area contributed by atoms with E-state index in [0.29, 0.717) is 36.3 Å². The number of carbonyl (C=O) groups excluding carboxylic acids is 2. The average Bonchev–Trinajstić information content (AvgIpc) is 3.21. The zero-order chi connectivity index (χ0) is 25.6. The van der Waals surface area contributed by atoms with Crippen LogP contribution in [0.1, 0.15) is 44.4 Å². The van der Waals surface area contributed by atoms with Crippen LogP contribution in [0, 0.1) is 0 Å². The van der Waals surface area contributed by atoms with Crippen LogP contribution >= 0.6 is 0 Å². The Balaban J connectivity index is 1.74. The summed E-state index contributed by atoms with van der Waals surface area (Å²) in [5.74, 6) is -1.48. The van der Waals surface area contributed by atoms with Crippen LogP contribution in [0.2, 0.25) is 0 Å². The van der Waals surface area contributed by atoms with E-state index in [9.17, 15) is 24.6 Å². The minimum Gasteiger partial charge on any atom is -0.480 e. The Morgan fingerprint density at radius 3 is 2.31 bits per heavy atom. The number of likely N-dealkylation sites (tertiary alicyclic amines) is 1. The summed E-state index contributed by atoms with van der Waals surface area (Å²) in [4.78, 5) is 38.8. The van der Waals surface area contributed by atoms with Gasteiger partial charge in [-0.25, -0.2) is 15.2 Å². The quantitative estimate of drug-likeness (QED) is 0.427. The molecule has 0 radical (unpaired) electrons. The summed E-state index contributed by atoms with van der Waals surface area (Å²) in [7, 11) is 0. The van der Waals surface area contributed by atoms with Crippen molar-refractivity contribution in [3.63, 3.8) is 0 Å². The molecule has 1 fully saturated rings. The molecule has 9 heteroatoms. The standard InChI is InChI=1S/C26H31N3O6/c1-26(2,3)35-25(34)27-29(20-7-5-4-6-8-20)22(31)14-11-18-9-12-19(13-10-18)23(24(32)33)28-16-15-21(30)17-28/h4-14,21,23,30H,15-17H2,1-3H3,(H,27,34)(H,32,33). The molecule has 9 nitrogen and oxygen atoms in total. The lowest BCUT2D eigenvalue weighted by atomic mass is 10.0. The molecule has 0 aliphatic carbocycles. The van der Waals surface area contributed by atoms with Crippen LogP contribution in [0.15, 0.2) is 60.7 Å². The van der Waals surface area contributed by atoms with Crippen LogP contribution in [0.3, 0.4) is 0 Å². The van der Waals surface area contributed by atoms with Crippen molar-refractivity contribution >= 4 is 29.7 Å².